The van der Waals surface area contributed by atoms with E-state index in [0.717, 1.165) is 0 Å². The van der Waals surface area contributed by atoms with E-state index in [-0.39, 0.29) is 6.42 Å². The molecule has 0 aromatic heterocycles. The Morgan fingerprint density at radius 2 is 1.89 bits per heavy atom. The van der Waals surface area contributed by atoms with E-state index in [0.29, 0.717) is 0 Å². The maximum atomic E-state index is 11.6. The number of hydrogen-bond donors (Lipinski definition) is 1. The highest BCUT2D eigenvalue weighted by Crippen LogP contribution is 2.53. The second-order valence-electron chi connectivity index (χ2n) is 2.53. The van der Waals surface area contributed by atoms with Gasteiger partial charge >= 0.3 is 6.18 Å². The van der Waals surface area contributed by atoms with Crippen molar-refractivity contribution in [2.75, 3.05) is 0 Å². The van der Waals surface area contributed by atoms with Gasteiger partial charge in [-0.05, 0) is 12.3 Å². The van der Waals surface area contributed by atoms with Crippen LogP contribution < -0.4 is 0 Å². The summed E-state index contributed by atoms with van der Waals surface area (Å²) < 4.78 is 34.9. The van der Waals surface area contributed by atoms with Crippen LogP contribution in [0.2, 0.25) is 0 Å². The number of halogens is 3. The lowest BCUT2D eigenvalue weighted by Crippen LogP contribution is -2.32. The average molecular weight is 140 g/mol. The van der Waals surface area contributed by atoms with Crippen LogP contribution in [0.1, 0.15) is 13.3 Å². The largest absolute Gasteiger partial charge is 0.417 e. The summed E-state index contributed by atoms with van der Waals surface area (Å²) in [5, 5.41) is 8.61. The van der Waals surface area contributed by atoms with Crippen molar-refractivity contribution in [2.45, 2.75) is 25.1 Å². The SMILES string of the molecule is CC1CC1(O)C(F)(F)F. The molecular weight excluding hydrogens is 133 g/mol. The predicted octanol–water partition coefficient (Wildman–Crippen LogP) is 1.32. The molecule has 2 atom stereocenters. The quantitative estimate of drug-likeness (QED) is 0.538. The Morgan fingerprint density at radius 1 is 1.56 bits per heavy atom. The minimum absolute atomic E-state index is 0.142. The first-order valence-corrected chi connectivity index (χ1v) is 2.67. The van der Waals surface area contributed by atoms with Gasteiger partial charge in [0, 0.05) is 0 Å². The highest BCUT2D eigenvalue weighted by molar-refractivity contribution is 5.06. The zero-order chi connectivity index (χ0) is 7.28. The Bertz CT molecular complexity index is 131. The second kappa shape index (κ2) is 1.42. The van der Waals surface area contributed by atoms with E-state index in [1.165, 1.54) is 6.92 Å². The summed E-state index contributed by atoms with van der Waals surface area (Å²) in [6, 6.07) is 0. The number of hydrogen-bond acceptors (Lipinski definition) is 1. The van der Waals surface area contributed by atoms with Crippen molar-refractivity contribution in [1.29, 1.82) is 0 Å². The van der Waals surface area contributed by atoms with Crippen molar-refractivity contribution in [3.05, 3.63) is 0 Å². The van der Waals surface area contributed by atoms with Gasteiger partial charge < -0.3 is 5.11 Å². The van der Waals surface area contributed by atoms with E-state index in [9.17, 15) is 13.2 Å². The second-order valence-corrected chi connectivity index (χ2v) is 2.53. The van der Waals surface area contributed by atoms with Crippen LogP contribution in [0.4, 0.5) is 13.2 Å². The third kappa shape index (κ3) is 0.813. The van der Waals surface area contributed by atoms with Crippen LogP contribution in [-0.2, 0) is 0 Å². The fourth-order valence-corrected chi connectivity index (χ4v) is 0.803. The molecule has 1 aliphatic rings. The third-order valence-corrected chi connectivity index (χ3v) is 1.76. The molecule has 1 fully saturated rings. The maximum absolute atomic E-state index is 11.6. The molecule has 1 rings (SSSR count). The van der Waals surface area contributed by atoms with Gasteiger partial charge in [0.05, 0.1) is 0 Å². The molecule has 0 aromatic carbocycles. The van der Waals surface area contributed by atoms with Gasteiger partial charge in [-0.3, -0.25) is 0 Å². The highest BCUT2D eigenvalue weighted by Gasteiger charge is 2.68. The smallest absolute Gasteiger partial charge is 0.380 e. The number of rotatable bonds is 0. The highest BCUT2D eigenvalue weighted by atomic mass is 19.4. The van der Waals surface area contributed by atoms with Gasteiger partial charge in [0.15, 0.2) is 5.60 Å². The lowest BCUT2D eigenvalue weighted by Gasteiger charge is -2.12. The van der Waals surface area contributed by atoms with Crippen molar-refractivity contribution in [1.82, 2.24) is 0 Å². The average Bonchev–Trinajstić information content (AvgIpc) is 2.13. The molecule has 9 heavy (non-hydrogen) atoms. The summed E-state index contributed by atoms with van der Waals surface area (Å²) in [6.07, 6.45) is -4.57. The van der Waals surface area contributed by atoms with E-state index in [1.54, 1.807) is 0 Å². The first-order valence-electron chi connectivity index (χ1n) is 2.67. The Morgan fingerprint density at radius 3 is 1.89 bits per heavy atom. The molecule has 1 N–H and O–H groups in total. The summed E-state index contributed by atoms with van der Waals surface area (Å²) in [5.41, 5.74) is -2.35. The standard InChI is InChI=1S/C5H7F3O/c1-3-2-4(3,9)5(6,7)8/h3,9H,2H2,1H3. The van der Waals surface area contributed by atoms with Crippen LogP contribution in [0.25, 0.3) is 0 Å². The normalized spacial score (nSPS) is 43.0. The molecule has 1 saturated carbocycles. The van der Waals surface area contributed by atoms with Crippen LogP contribution in [-0.4, -0.2) is 16.9 Å². The molecule has 0 spiro atoms. The maximum Gasteiger partial charge on any atom is 0.417 e. The Hall–Kier alpha value is -0.250. The summed E-state index contributed by atoms with van der Waals surface area (Å²) >= 11 is 0. The van der Waals surface area contributed by atoms with Gasteiger partial charge in [-0.25, -0.2) is 0 Å². The minimum Gasteiger partial charge on any atom is -0.380 e. The number of alkyl halides is 3. The van der Waals surface area contributed by atoms with Crippen LogP contribution in [0.5, 0.6) is 0 Å². The lowest BCUT2D eigenvalue weighted by molar-refractivity contribution is -0.222. The van der Waals surface area contributed by atoms with Crippen molar-refractivity contribution in [3.8, 4) is 0 Å². The van der Waals surface area contributed by atoms with E-state index in [4.69, 9.17) is 5.11 Å². The van der Waals surface area contributed by atoms with Crippen molar-refractivity contribution >= 4 is 0 Å². The molecule has 0 heterocycles. The summed E-state index contributed by atoms with van der Waals surface area (Å²) in [7, 11) is 0. The molecule has 0 aliphatic heterocycles. The topological polar surface area (TPSA) is 20.2 Å². The van der Waals surface area contributed by atoms with Crippen molar-refractivity contribution in [2.24, 2.45) is 5.92 Å². The Balaban J connectivity index is 2.64. The molecule has 0 amide bonds. The van der Waals surface area contributed by atoms with Gasteiger partial charge in [0.1, 0.15) is 0 Å². The fourth-order valence-electron chi connectivity index (χ4n) is 0.803. The molecule has 0 bridgehead atoms. The van der Waals surface area contributed by atoms with E-state index in [1.807, 2.05) is 0 Å². The zero-order valence-corrected chi connectivity index (χ0v) is 4.87. The Kier molecular flexibility index (Phi) is 1.09. The third-order valence-electron chi connectivity index (χ3n) is 1.76. The van der Waals surface area contributed by atoms with Crippen LogP contribution in [0.3, 0.4) is 0 Å². The van der Waals surface area contributed by atoms with E-state index >= 15 is 0 Å². The minimum atomic E-state index is -4.42. The van der Waals surface area contributed by atoms with Crippen LogP contribution in [0, 0.1) is 5.92 Å². The van der Waals surface area contributed by atoms with Gasteiger partial charge in [0.25, 0.3) is 0 Å². The lowest BCUT2D eigenvalue weighted by atomic mass is 10.3. The summed E-state index contributed by atoms with van der Waals surface area (Å²) in [6.45, 7) is 1.38. The Labute approximate surface area is 50.5 Å². The van der Waals surface area contributed by atoms with Gasteiger partial charge in [-0.1, -0.05) is 6.92 Å². The van der Waals surface area contributed by atoms with Crippen LogP contribution in [0.15, 0.2) is 0 Å². The molecule has 0 aromatic rings. The van der Waals surface area contributed by atoms with Crippen molar-refractivity contribution < 1.29 is 18.3 Å². The number of aliphatic hydroxyl groups is 1. The molecule has 0 saturated heterocycles. The van der Waals surface area contributed by atoms with Gasteiger partial charge in [-0.15, -0.1) is 0 Å². The van der Waals surface area contributed by atoms with E-state index < -0.39 is 17.7 Å². The first kappa shape index (κ1) is 6.86. The van der Waals surface area contributed by atoms with Gasteiger partial charge in [-0.2, -0.15) is 13.2 Å². The van der Waals surface area contributed by atoms with Crippen LogP contribution >= 0.6 is 0 Å². The fraction of sp³-hybridized carbons (Fsp3) is 1.00. The van der Waals surface area contributed by atoms with Crippen molar-refractivity contribution in [3.63, 3.8) is 0 Å². The molecule has 1 nitrogen and oxygen atoms in total. The predicted molar refractivity (Wildman–Crippen MR) is 24.8 cm³/mol. The molecule has 4 heteroatoms. The molecule has 54 valence electrons. The summed E-state index contributed by atoms with van der Waals surface area (Å²) in [4.78, 5) is 0. The summed E-state index contributed by atoms with van der Waals surface area (Å²) in [5.74, 6) is -0.613. The molecular formula is C5H7F3O. The molecule has 1 aliphatic carbocycles. The monoisotopic (exact) mass is 140 g/mol. The zero-order valence-electron chi connectivity index (χ0n) is 4.87. The first-order chi connectivity index (χ1) is 3.88. The van der Waals surface area contributed by atoms with Gasteiger partial charge in [0.2, 0.25) is 0 Å². The molecule has 0 radical (unpaired) electrons. The van der Waals surface area contributed by atoms with E-state index in [2.05, 4.69) is 0 Å². The molecule has 2 unspecified atom stereocenters.